The van der Waals surface area contributed by atoms with Gasteiger partial charge in [-0.3, -0.25) is 14.4 Å². The van der Waals surface area contributed by atoms with Gasteiger partial charge in [0, 0.05) is 19.3 Å². The number of hydrogen-bond donors (Lipinski definition) is 2. The van der Waals surface area contributed by atoms with Gasteiger partial charge in [0.2, 0.25) is 11.8 Å². The number of nitrogens with zero attached hydrogens (tertiary/aromatic N) is 1. The number of likely N-dealkylation sites (N-methyl/N-ethyl adjacent to an activating group) is 1. The standard InChI is InChI=1S/C28H33N3O5/c1-31-23-11-10-21(15-26(32)29-16-19-7-8-19)36-25(23)17-35-24-12-9-20(14-22(24)28(31)34)30-27(33)13-18-5-3-2-4-6-18/h2-6,9,12,14,19,21,23,25H,7-8,10-11,13,15-17H2,1H3,(H,29,32)(H,30,33)/t21-,23+,25+/m0/s1. The number of anilines is 1. The third-order valence-electron chi connectivity index (χ3n) is 7.20. The maximum atomic E-state index is 13.4. The van der Waals surface area contributed by atoms with Gasteiger partial charge in [-0.15, -0.1) is 0 Å². The monoisotopic (exact) mass is 491 g/mol. The van der Waals surface area contributed by atoms with Crippen LogP contribution in [0.4, 0.5) is 5.69 Å². The Morgan fingerprint density at radius 3 is 2.61 bits per heavy atom. The van der Waals surface area contributed by atoms with E-state index in [9.17, 15) is 14.4 Å². The molecule has 0 aromatic heterocycles. The van der Waals surface area contributed by atoms with Gasteiger partial charge < -0.3 is 25.0 Å². The first kappa shape index (κ1) is 24.3. The van der Waals surface area contributed by atoms with E-state index in [2.05, 4.69) is 10.6 Å². The molecule has 0 radical (unpaired) electrons. The van der Waals surface area contributed by atoms with Gasteiger partial charge >= 0.3 is 0 Å². The zero-order valence-electron chi connectivity index (χ0n) is 20.6. The summed E-state index contributed by atoms with van der Waals surface area (Å²) in [6.45, 7) is 1.04. The summed E-state index contributed by atoms with van der Waals surface area (Å²) in [6.07, 6.45) is 3.93. The molecule has 2 aromatic carbocycles. The van der Waals surface area contributed by atoms with E-state index in [4.69, 9.17) is 9.47 Å². The second kappa shape index (κ2) is 10.7. The summed E-state index contributed by atoms with van der Waals surface area (Å²) in [5.74, 6) is 0.791. The fourth-order valence-corrected chi connectivity index (χ4v) is 4.95. The number of carbonyl (C=O) groups is 3. The maximum absolute atomic E-state index is 13.4. The van der Waals surface area contributed by atoms with Crippen LogP contribution in [0.15, 0.2) is 48.5 Å². The first-order valence-electron chi connectivity index (χ1n) is 12.8. The van der Waals surface area contributed by atoms with E-state index < -0.39 is 0 Å². The average Bonchev–Trinajstić information content (AvgIpc) is 3.70. The summed E-state index contributed by atoms with van der Waals surface area (Å²) in [6, 6.07) is 14.5. The van der Waals surface area contributed by atoms with Crippen molar-refractivity contribution in [3.8, 4) is 5.75 Å². The molecule has 2 heterocycles. The van der Waals surface area contributed by atoms with Gasteiger partial charge in [0.15, 0.2) is 0 Å². The van der Waals surface area contributed by atoms with Gasteiger partial charge in [0.1, 0.15) is 18.5 Å². The Morgan fingerprint density at radius 2 is 1.83 bits per heavy atom. The van der Waals surface area contributed by atoms with Gasteiger partial charge in [-0.25, -0.2) is 0 Å². The lowest BCUT2D eigenvalue weighted by Gasteiger charge is -2.42. The van der Waals surface area contributed by atoms with Crippen LogP contribution in [-0.2, 0) is 20.7 Å². The highest BCUT2D eigenvalue weighted by Gasteiger charge is 2.39. The molecule has 5 rings (SSSR count). The molecule has 190 valence electrons. The molecule has 2 aliphatic heterocycles. The van der Waals surface area contributed by atoms with Crippen molar-refractivity contribution in [3.63, 3.8) is 0 Å². The minimum absolute atomic E-state index is 0.0220. The maximum Gasteiger partial charge on any atom is 0.257 e. The Kier molecular flexibility index (Phi) is 7.23. The largest absolute Gasteiger partial charge is 0.490 e. The second-order valence-electron chi connectivity index (χ2n) is 10.0. The highest BCUT2D eigenvalue weighted by atomic mass is 16.5. The zero-order chi connectivity index (χ0) is 25.1. The van der Waals surface area contributed by atoms with E-state index in [1.165, 1.54) is 12.8 Å². The van der Waals surface area contributed by atoms with Gasteiger partial charge in [-0.05, 0) is 55.4 Å². The summed E-state index contributed by atoms with van der Waals surface area (Å²) in [5, 5.41) is 5.89. The molecule has 3 atom stereocenters. The van der Waals surface area contributed by atoms with Crippen LogP contribution in [0.5, 0.6) is 5.75 Å². The van der Waals surface area contributed by atoms with Crippen molar-refractivity contribution in [1.29, 1.82) is 0 Å². The first-order valence-corrected chi connectivity index (χ1v) is 12.8. The van der Waals surface area contributed by atoms with E-state index in [1.807, 2.05) is 30.3 Å². The molecule has 1 saturated heterocycles. The van der Waals surface area contributed by atoms with Crippen molar-refractivity contribution < 1.29 is 23.9 Å². The summed E-state index contributed by atoms with van der Waals surface area (Å²) in [4.78, 5) is 39.9. The van der Waals surface area contributed by atoms with E-state index in [0.29, 0.717) is 35.8 Å². The smallest absolute Gasteiger partial charge is 0.257 e. The van der Waals surface area contributed by atoms with Gasteiger partial charge in [0.05, 0.1) is 30.6 Å². The number of ether oxygens (including phenoxy) is 2. The molecule has 2 aromatic rings. The molecule has 1 saturated carbocycles. The van der Waals surface area contributed by atoms with Crippen LogP contribution >= 0.6 is 0 Å². The molecule has 0 unspecified atom stereocenters. The molecule has 8 nitrogen and oxygen atoms in total. The minimum Gasteiger partial charge on any atom is -0.490 e. The number of fused-ring (bicyclic) bond motifs is 2. The topological polar surface area (TPSA) is 97.0 Å². The van der Waals surface area contributed by atoms with Gasteiger partial charge in [0.25, 0.3) is 5.91 Å². The Labute approximate surface area is 211 Å². The predicted molar refractivity (Wildman–Crippen MR) is 135 cm³/mol. The number of hydrogen-bond acceptors (Lipinski definition) is 5. The van der Waals surface area contributed by atoms with Gasteiger partial charge in [-0.1, -0.05) is 30.3 Å². The Balaban J connectivity index is 1.22. The van der Waals surface area contributed by atoms with Crippen molar-refractivity contribution in [2.75, 3.05) is 25.5 Å². The fraction of sp³-hybridized carbons (Fsp3) is 0.464. The van der Waals surface area contributed by atoms with Crippen LogP contribution in [0.3, 0.4) is 0 Å². The summed E-state index contributed by atoms with van der Waals surface area (Å²) < 4.78 is 12.3. The highest BCUT2D eigenvalue weighted by Crippen LogP contribution is 2.33. The van der Waals surface area contributed by atoms with Crippen LogP contribution in [0.2, 0.25) is 0 Å². The molecule has 0 spiro atoms. The summed E-state index contributed by atoms with van der Waals surface area (Å²) in [5.41, 5.74) is 1.88. The van der Waals surface area contributed by atoms with Crippen LogP contribution in [0.1, 0.15) is 48.0 Å². The Morgan fingerprint density at radius 1 is 1.03 bits per heavy atom. The van der Waals surface area contributed by atoms with Crippen LogP contribution in [0, 0.1) is 5.92 Å². The lowest BCUT2D eigenvalue weighted by atomic mass is 9.94. The van der Waals surface area contributed by atoms with E-state index >= 15 is 0 Å². The molecule has 3 amide bonds. The van der Waals surface area contributed by atoms with Crippen molar-refractivity contribution in [2.24, 2.45) is 5.92 Å². The van der Waals surface area contributed by atoms with Crippen molar-refractivity contribution in [3.05, 3.63) is 59.7 Å². The minimum atomic E-state index is -0.313. The second-order valence-corrected chi connectivity index (χ2v) is 10.0. The third-order valence-corrected chi connectivity index (χ3v) is 7.20. The molecule has 8 heteroatoms. The van der Waals surface area contributed by atoms with Gasteiger partial charge in [-0.2, -0.15) is 0 Å². The number of benzene rings is 2. The Hall–Kier alpha value is -3.39. The van der Waals surface area contributed by atoms with Crippen molar-refractivity contribution >= 4 is 23.4 Å². The number of carbonyl (C=O) groups excluding carboxylic acids is 3. The van der Waals surface area contributed by atoms with Crippen molar-refractivity contribution in [2.45, 2.75) is 56.8 Å². The first-order chi connectivity index (χ1) is 17.5. The fourth-order valence-electron chi connectivity index (χ4n) is 4.95. The molecular formula is C28H33N3O5. The number of nitrogens with one attached hydrogen (secondary N) is 2. The number of rotatable bonds is 7. The summed E-state index contributed by atoms with van der Waals surface area (Å²) >= 11 is 0. The molecule has 36 heavy (non-hydrogen) atoms. The molecule has 1 aliphatic carbocycles. The zero-order valence-corrected chi connectivity index (χ0v) is 20.6. The molecule has 2 N–H and O–H groups in total. The van der Waals surface area contributed by atoms with Crippen molar-refractivity contribution in [1.82, 2.24) is 10.2 Å². The molecular weight excluding hydrogens is 458 g/mol. The lowest BCUT2D eigenvalue weighted by Crippen LogP contribution is -2.54. The number of amides is 3. The quantitative estimate of drug-likeness (QED) is 0.620. The van der Waals surface area contributed by atoms with Crippen LogP contribution in [-0.4, -0.2) is 61.1 Å². The predicted octanol–water partition coefficient (Wildman–Crippen LogP) is 3.16. The Bertz CT molecular complexity index is 1120. The highest BCUT2D eigenvalue weighted by molar-refractivity contribution is 6.00. The van der Waals surface area contributed by atoms with E-state index in [-0.39, 0.29) is 49.0 Å². The normalized spacial score (nSPS) is 23.4. The third kappa shape index (κ3) is 5.87. The van der Waals surface area contributed by atoms with Crippen LogP contribution < -0.4 is 15.4 Å². The molecule has 2 fully saturated rings. The molecule has 3 aliphatic rings. The average molecular weight is 492 g/mol. The van der Waals surface area contributed by atoms with E-state index in [0.717, 1.165) is 18.5 Å². The molecule has 0 bridgehead atoms. The van der Waals surface area contributed by atoms with Crippen LogP contribution in [0.25, 0.3) is 0 Å². The lowest BCUT2D eigenvalue weighted by molar-refractivity contribution is -0.134. The SMILES string of the molecule is CN1C(=O)c2cc(NC(=O)Cc3ccccc3)ccc2OC[C@H]2O[C@H](CC(=O)NCC3CC3)CC[C@H]21. The summed E-state index contributed by atoms with van der Waals surface area (Å²) in [7, 11) is 1.78. The van der Waals surface area contributed by atoms with E-state index in [1.54, 1.807) is 30.1 Å².